The maximum Gasteiger partial charge on any atom is 0.244 e. The highest BCUT2D eigenvalue weighted by Crippen LogP contribution is 2.30. The monoisotopic (exact) mass is 459 g/mol. The first-order valence-electron chi connectivity index (χ1n) is 10.0. The van der Waals surface area contributed by atoms with Gasteiger partial charge in [-0.25, -0.2) is 0 Å². The van der Waals surface area contributed by atoms with Gasteiger partial charge in [0.05, 0.1) is 11.4 Å². The summed E-state index contributed by atoms with van der Waals surface area (Å²) in [7, 11) is 0. The van der Waals surface area contributed by atoms with Crippen LogP contribution in [0.1, 0.15) is 6.92 Å². The van der Waals surface area contributed by atoms with Crippen LogP contribution < -0.4 is 15.5 Å². The molecule has 2 saturated heterocycles. The number of benzene rings is 1. The molecule has 1 amide bonds. The summed E-state index contributed by atoms with van der Waals surface area (Å²) in [6.07, 6.45) is -3.24. The Balaban J connectivity index is 1.77. The first-order chi connectivity index (χ1) is 14.3. The number of anilines is 1. The van der Waals surface area contributed by atoms with E-state index in [1.54, 1.807) is 13.2 Å². The molecule has 10 heteroatoms. The predicted octanol–water partition coefficient (Wildman–Crippen LogP) is -0.252. The van der Waals surface area contributed by atoms with Gasteiger partial charge in [-0.1, -0.05) is 18.2 Å². The van der Waals surface area contributed by atoms with Crippen LogP contribution in [0, 0.1) is 0 Å². The topological polar surface area (TPSA) is 114 Å². The normalized spacial score (nSPS) is 34.3. The Bertz CT molecular complexity index is 698. The van der Waals surface area contributed by atoms with Crippen molar-refractivity contribution in [3.63, 3.8) is 0 Å². The van der Waals surface area contributed by atoms with Gasteiger partial charge in [-0.05, 0) is 25.3 Å². The van der Waals surface area contributed by atoms with E-state index in [4.69, 9.17) is 16.3 Å². The van der Waals surface area contributed by atoms with E-state index in [0.29, 0.717) is 13.1 Å². The number of aliphatic hydroxyl groups is 3. The van der Waals surface area contributed by atoms with Gasteiger partial charge in [-0.15, -0.1) is 23.4 Å². The van der Waals surface area contributed by atoms with Crippen LogP contribution in [-0.4, -0.2) is 94.4 Å². The van der Waals surface area contributed by atoms with E-state index in [1.807, 2.05) is 35.2 Å². The molecule has 5 N–H and O–H groups in total. The number of ether oxygens (including phenoxy) is 1. The summed E-state index contributed by atoms with van der Waals surface area (Å²) in [5, 5.41) is 36.5. The van der Waals surface area contributed by atoms with E-state index in [-0.39, 0.29) is 5.91 Å². The van der Waals surface area contributed by atoms with Gasteiger partial charge in [0, 0.05) is 25.3 Å². The summed E-state index contributed by atoms with van der Waals surface area (Å²) in [4.78, 5) is 15.3. The minimum atomic E-state index is -1.40. The number of carbonyl (C=O) groups is 1. The lowest BCUT2D eigenvalue weighted by atomic mass is 9.93. The molecular formula is C20H30ClN3O5S. The standard InChI is InChI=1S/C20H30ClN3O5S/c1-11(21)14(18-16(26)15(25)17(27)20(29-18)30-2)23-19(28)13-10-22-8-9-24(13)12-6-4-3-5-7-12/h3-7,11,13-18,20,22,25-27H,8-10H2,1-2H3,(H,23,28). The molecule has 0 aliphatic carbocycles. The first-order valence-corrected chi connectivity index (χ1v) is 11.8. The molecule has 0 saturated carbocycles. The number of para-hydroxylation sites is 1. The van der Waals surface area contributed by atoms with Crippen LogP contribution in [0.5, 0.6) is 0 Å². The zero-order valence-corrected chi connectivity index (χ0v) is 18.6. The van der Waals surface area contributed by atoms with Gasteiger partial charge in [0.1, 0.15) is 35.9 Å². The summed E-state index contributed by atoms with van der Waals surface area (Å²) >= 11 is 7.59. The number of halogens is 1. The maximum atomic E-state index is 13.2. The zero-order chi connectivity index (χ0) is 21.8. The van der Waals surface area contributed by atoms with E-state index in [0.717, 1.165) is 12.2 Å². The average Bonchev–Trinajstić information content (AvgIpc) is 2.77. The molecule has 0 spiro atoms. The SMILES string of the molecule is CSC1OC(C(NC(=O)C2CNCCN2c2ccccc2)C(C)Cl)C(O)C(O)C1O. The van der Waals surface area contributed by atoms with Crippen LogP contribution in [0.4, 0.5) is 5.69 Å². The molecule has 1 aromatic rings. The lowest BCUT2D eigenvalue weighted by Crippen LogP contribution is -2.66. The van der Waals surface area contributed by atoms with Gasteiger partial charge in [-0.3, -0.25) is 4.79 Å². The fraction of sp³-hybridized carbons (Fsp3) is 0.650. The van der Waals surface area contributed by atoms with Crippen molar-refractivity contribution in [2.45, 2.75) is 54.2 Å². The van der Waals surface area contributed by atoms with Crippen LogP contribution in [0.3, 0.4) is 0 Å². The molecule has 30 heavy (non-hydrogen) atoms. The molecule has 168 valence electrons. The van der Waals surface area contributed by atoms with Crippen LogP contribution in [0.25, 0.3) is 0 Å². The van der Waals surface area contributed by atoms with Crippen molar-refractivity contribution in [1.82, 2.24) is 10.6 Å². The number of hydrogen-bond acceptors (Lipinski definition) is 8. The first kappa shape index (κ1) is 23.6. The zero-order valence-electron chi connectivity index (χ0n) is 17.0. The van der Waals surface area contributed by atoms with Crippen molar-refractivity contribution in [1.29, 1.82) is 0 Å². The Kier molecular flexibility index (Phi) is 8.25. The molecule has 8 atom stereocenters. The molecule has 2 aliphatic heterocycles. The summed E-state index contributed by atoms with van der Waals surface area (Å²) < 4.78 is 5.83. The van der Waals surface area contributed by atoms with E-state index in [1.165, 1.54) is 11.8 Å². The van der Waals surface area contributed by atoms with E-state index in [9.17, 15) is 20.1 Å². The Morgan fingerprint density at radius 2 is 1.97 bits per heavy atom. The maximum absolute atomic E-state index is 13.2. The second kappa shape index (κ2) is 10.5. The van der Waals surface area contributed by atoms with E-state index >= 15 is 0 Å². The fourth-order valence-corrected chi connectivity index (χ4v) is 4.84. The predicted molar refractivity (Wildman–Crippen MR) is 118 cm³/mol. The third kappa shape index (κ3) is 5.04. The summed E-state index contributed by atoms with van der Waals surface area (Å²) in [6, 6.07) is 8.48. The number of thioether (sulfide) groups is 1. The van der Waals surface area contributed by atoms with Crippen LogP contribution in [0.2, 0.25) is 0 Å². The van der Waals surface area contributed by atoms with Gasteiger partial charge in [0.25, 0.3) is 0 Å². The summed E-state index contributed by atoms with van der Waals surface area (Å²) in [6.45, 7) is 3.60. The fourth-order valence-electron chi connectivity index (χ4n) is 3.95. The Morgan fingerprint density at radius 3 is 2.60 bits per heavy atom. The van der Waals surface area contributed by atoms with Gasteiger partial charge in [0.15, 0.2) is 0 Å². The number of nitrogens with zero attached hydrogens (tertiary/aromatic N) is 1. The van der Waals surface area contributed by atoms with Gasteiger partial charge in [-0.2, -0.15) is 0 Å². The number of hydrogen-bond donors (Lipinski definition) is 5. The molecular weight excluding hydrogens is 430 g/mol. The number of piperazine rings is 1. The molecule has 0 radical (unpaired) electrons. The molecule has 1 aromatic carbocycles. The van der Waals surface area contributed by atoms with Gasteiger partial charge >= 0.3 is 0 Å². The van der Waals surface area contributed by atoms with Crippen molar-refractivity contribution < 1.29 is 24.9 Å². The molecule has 8 unspecified atom stereocenters. The average molecular weight is 460 g/mol. The summed E-state index contributed by atoms with van der Waals surface area (Å²) in [5.74, 6) is -0.249. The number of rotatable bonds is 6. The lowest BCUT2D eigenvalue weighted by Gasteiger charge is -2.44. The minimum Gasteiger partial charge on any atom is -0.388 e. The Morgan fingerprint density at radius 1 is 1.27 bits per heavy atom. The summed E-state index contributed by atoms with van der Waals surface area (Å²) in [5.41, 5.74) is 0.213. The van der Waals surface area contributed by atoms with Gasteiger partial charge < -0.3 is 35.6 Å². The lowest BCUT2D eigenvalue weighted by molar-refractivity contribution is -0.205. The second-order valence-electron chi connectivity index (χ2n) is 7.64. The number of nitrogens with one attached hydrogen (secondary N) is 2. The van der Waals surface area contributed by atoms with Crippen molar-refractivity contribution in [3.05, 3.63) is 30.3 Å². The van der Waals surface area contributed by atoms with Crippen LogP contribution >= 0.6 is 23.4 Å². The van der Waals surface area contributed by atoms with E-state index in [2.05, 4.69) is 10.6 Å². The highest BCUT2D eigenvalue weighted by molar-refractivity contribution is 7.99. The van der Waals surface area contributed by atoms with Crippen molar-refractivity contribution in [3.8, 4) is 0 Å². The molecule has 2 fully saturated rings. The highest BCUT2D eigenvalue weighted by atomic mass is 35.5. The third-order valence-electron chi connectivity index (χ3n) is 5.63. The second-order valence-corrected chi connectivity index (χ2v) is 9.26. The number of alkyl halides is 1. The minimum absolute atomic E-state index is 0.249. The largest absolute Gasteiger partial charge is 0.388 e. The van der Waals surface area contributed by atoms with E-state index < -0.39 is 47.3 Å². The molecule has 3 rings (SSSR count). The van der Waals surface area contributed by atoms with Crippen LogP contribution in [0.15, 0.2) is 30.3 Å². The van der Waals surface area contributed by atoms with Crippen LogP contribution in [-0.2, 0) is 9.53 Å². The van der Waals surface area contributed by atoms with Crippen molar-refractivity contribution in [2.24, 2.45) is 0 Å². The van der Waals surface area contributed by atoms with Crippen molar-refractivity contribution in [2.75, 3.05) is 30.8 Å². The number of aliphatic hydroxyl groups excluding tert-OH is 3. The third-order valence-corrected chi connectivity index (χ3v) is 6.76. The highest BCUT2D eigenvalue weighted by Gasteiger charge is 2.48. The Labute approximate surface area is 185 Å². The molecule has 0 aromatic heterocycles. The van der Waals surface area contributed by atoms with Crippen molar-refractivity contribution >= 4 is 35.0 Å². The molecule has 2 heterocycles. The number of amides is 1. The van der Waals surface area contributed by atoms with Gasteiger partial charge in [0.2, 0.25) is 5.91 Å². The molecule has 2 aliphatic rings. The molecule has 0 bridgehead atoms. The Hall–Kier alpha value is -1.07. The number of carbonyl (C=O) groups excluding carboxylic acids is 1. The smallest absolute Gasteiger partial charge is 0.244 e. The quantitative estimate of drug-likeness (QED) is 0.370. The molecule has 8 nitrogen and oxygen atoms in total.